The van der Waals surface area contributed by atoms with Crippen molar-refractivity contribution in [2.45, 2.75) is 12.2 Å². The fraction of sp³-hybridized carbons (Fsp3) is 0.385. The van der Waals surface area contributed by atoms with Crippen molar-refractivity contribution in [2.24, 2.45) is 5.73 Å². The van der Waals surface area contributed by atoms with Crippen LogP contribution in [-0.4, -0.2) is 44.9 Å². The average Bonchev–Trinajstić information content (AvgIpc) is 2.37. The van der Waals surface area contributed by atoms with Crippen LogP contribution in [0.3, 0.4) is 0 Å². The van der Waals surface area contributed by atoms with Gasteiger partial charge in [0.25, 0.3) is 0 Å². The lowest BCUT2D eigenvalue weighted by Crippen LogP contribution is -2.31. The van der Waals surface area contributed by atoms with E-state index in [9.17, 15) is 13.2 Å². The number of amides is 1. The number of nitrogens with one attached hydrogen (secondary N) is 1. The van der Waals surface area contributed by atoms with E-state index >= 15 is 0 Å². The Hall–Kier alpha value is -1.51. The van der Waals surface area contributed by atoms with E-state index in [2.05, 4.69) is 4.72 Å². The smallest absolute Gasteiger partial charge is 0.223 e. The first-order valence-corrected chi connectivity index (χ1v) is 8.33. The zero-order chi connectivity index (χ0) is 16.0. The molecule has 3 N–H and O–H groups in total. The van der Waals surface area contributed by atoms with Crippen molar-refractivity contribution in [1.29, 1.82) is 0 Å². The molecular weight excluding hydrogens is 310 g/mol. The van der Waals surface area contributed by atoms with Gasteiger partial charge in [0.2, 0.25) is 15.9 Å². The van der Waals surface area contributed by atoms with E-state index in [1.54, 1.807) is 38.4 Å². The molecule has 1 rings (SSSR count). The van der Waals surface area contributed by atoms with Gasteiger partial charge in [-0.3, -0.25) is 4.79 Å². The van der Waals surface area contributed by atoms with Crippen LogP contribution in [0.25, 0.3) is 0 Å². The van der Waals surface area contributed by atoms with Crippen molar-refractivity contribution >= 4 is 33.1 Å². The second kappa shape index (κ2) is 7.48. The Morgan fingerprint density at radius 1 is 1.38 bits per heavy atom. The summed E-state index contributed by atoms with van der Waals surface area (Å²) in [6.45, 7) is 0.0777. The quantitative estimate of drug-likeness (QED) is 0.698. The number of carbonyl (C=O) groups excluding carboxylic acids is 1. The van der Waals surface area contributed by atoms with Crippen molar-refractivity contribution in [3.8, 4) is 0 Å². The minimum atomic E-state index is -3.50. The maximum Gasteiger partial charge on any atom is 0.223 e. The molecule has 0 heterocycles. The summed E-state index contributed by atoms with van der Waals surface area (Å²) in [4.78, 5) is 13.0. The van der Waals surface area contributed by atoms with Gasteiger partial charge in [-0.25, -0.2) is 13.1 Å². The first-order valence-electron chi connectivity index (χ1n) is 6.27. The van der Waals surface area contributed by atoms with Gasteiger partial charge in [0.15, 0.2) is 0 Å². The molecule has 0 aliphatic heterocycles. The zero-order valence-corrected chi connectivity index (χ0v) is 13.6. The van der Waals surface area contributed by atoms with Gasteiger partial charge >= 0.3 is 0 Å². The van der Waals surface area contributed by atoms with Crippen molar-refractivity contribution < 1.29 is 13.2 Å². The molecule has 8 heteroatoms. The van der Waals surface area contributed by atoms with Gasteiger partial charge in [0.1, 0.15) is 4.99 Å². The van der Waals surface area contributed by atoms with Gasteiger partial charge < -0.3 is 10.6 Å². The normalized spacial score (nSPS) is 11.1. The van der Waals surface area contributed by atoms with Crippen LogP contribution in [0.1, 0.15) is 17.5 Å². The second-order valence-corrected chi connectivity index (χ2v) is 7.00. The Balaban J connectivity index is 2.62. The summed E-state index contributed by atoms with van der Waals surface area (Å²) in [6, 6.07) is 6.76. The number of carbonyl (C=O) groups is 1. The molecule has 0 spiro atoms. The number of hydrogen-bond acceptors (Lipinski definition) is 4. The molecule has 0 fully saturated rings. The van der Waals surface area contributed by atoms with E-state index in [-0.39, 0.29) is 29.6 Å². The van der Waals surface area contributed by atoms with Crippen molar-refractivity contribution in [3.63, 3.8) is 0 Å². The Kier molecular flexibility index (Phi) is 6.25. The minimum absolute atomic E-state index is 0.0777. The lowest BCUT2D eigenvalue weighted by Gasteiger charge is -2.11. The predicted octanol–water partition coefficient (Wildman–Crippen LogP) is 0.219. The molecule has 0 aliphatic rings. The Morgan fingerprint density at radius 2 is 2.05 bits per heavy atom. The monoisotopic (exact) mass is 329 g/mol. The molecule has 0 bridgehead atoms. The molecule has 1 amide bonds. The summed E-state index contributed by atoms with van der Waals surface area (Å²) in [5.74, 6) is -0.312. The summed E-state index contributed by atoms with van der Waals surface area (Å²) in [6.07, 6.45) is 0.124. The number of rotatable bonds is 7. The highest BCUT2D eigenvalue weighted by atomic mass is 32.2. The number of nitrogens with two attached hydrogens (primary N) is 1. The topological polar surface area (TPSA) is 92.5 Å². The highest BCUT2D eigenvalue weighted by Gasteiger charge is 2.13. The lowest BCUT2D eigenvalue weighted by atomic mass is 10.1. The van der Waals surface area contributed by atoms with Crippen LogP contribution in [0.4, 0.5) is 0 Å². The van der Waals surface area contributed by atoms with Crippen LogP contribution in [0, 0.1) is 0 Å². The zero-order valence-electron chi connectivity index (χ0n) is 12.0. The van der Waals surface area contributed by atoms with Crippen molar-refractivity contribution in [1.82, 2.24) is 9.62 Å². The third kappa shape index (κ3) is 6.19. The molecule has 0 saturated heterocycles. The molecule has 0 atom stereocenters. The number of hydrogen-bond donors (Lipinski definition) is 2. The number of benzene rings is 1. The third-order valence-corrected chi connectivity index (χ3v) is 4.32. The van der Waals surface area contributed by atoms with Gasteiger partial charge in [-0.15, -0.1) is 0 Å². The summed E-state index contributed by atoms with van der Waals surface area (Å²) >= 11 is 4.86. The van der Waals surface area contributed by atoms with E-state index in [1.165, 1.54) is 4.90 Å². The maximum absolute atomic E-state index is 11.9. The largest absolute Gasteiger partial charge is 0.389 e. The van der Waals surface area contributed by atoms with Crippen LogP contribution in [0.5, 0.6) is 0 Å². The van der Waals surface area contributed by atoms with Crippen LogP contribution in [-0.2, 0) is 20.6 Å². The maximum atomic E-state index is 11.9. The first kappa shape index (κ1) is 17.5. The minimum Gasteiger partial charge on any atom is -0.389 e. The number of nitrogens with zero attached hydrogens (tertiary/aromatic N) is 1. The molecule has 0 saturated carbocycles. The van der Waals surface area contributed by atoms with E-state index in [0.717, 1.165) is 0 Å². The highest BCUT2D eigenvalue weighted by Crippen LogP contribution is 2.08. The molecular formula is C13H19N3O3S2. The summed E-state index contributed by atoms with van der Waals surface area (Å²) in [7, 11) is -0.257. The fourth-order valence-electron chi connectivity index (χ4n) is 1.62. The second-order valence-electron chi connectivity index (χ2n) is 4.76. The Bertz CT molecular complexity index is 627. The van der Waals surface area contributed by atoms with Crippen LogP contribution < -0.4 is 10.5 Å². The average molecular weight is 329 g/mol. The van der Waals surface area contributed by atoms with Crippen LogP contribution >= 0.6 is 12.2 Å². The Labute approximate surface area is 130 Å². The Morgan fingerprint density at radius 3 is 2.62 bits per heavy atom. The van der Waals surface area contributed by atoms with Crippen molar-refractivity contribution in [3.05, 3.63) is 35.4 Å². The van der Waals surface area contributed by atoms with Crippen LogP contribution in [0.15, 0.2) is 24.3 Å². The van der Waals surface area contributed by atoms with Gasteiger partial charge in [-0.2, -0.15) is 0 Å². The van der Waals surface area contributed by atoms with E-state index in [0.29, 0.717) is 11.1 Å². The molecule has 116 valence electrons. The van der Waals surface area contributed by atoms with E-state index < -0.39 is 10.0 Å². The molecule has 0 radical (unpaired) electrons. The first-order chi connectivity index (χ1) is 9.71. The molecule has 0 unspecified atom stereocenters. The molecule has 0 aromatic heterocycles. The SMILES string of the molecule is CN(C)C(=O)CCNS(=O)(=O)Cc1cccc(C(N)=S)c1. The van der Waals surface area contributed by atoms with Gasteiger partial charge in [0.05, 0.1) is 5.75 Å². The summed E-state index contributed by atoms with van der Waals surface area (Å²) < 4.78 is 26.3. The summed E-state index contributed by atoms with van der Waals surface area (Å²) in [5.41, 5.74) is 6.73. The molecule has 1 aromatic rings. The predicted molar refractivity (Wildman–Crippen MR) is 86.3 cm³/mol. The molecule has 6 nitrogen and oxygen atoms in total. The van der Waals surface area contributed by atoms with Crippen LogP contribution in [0.2, 0.25) is 0 Å². The van der Waals surface area contributed by atoms with Gasteiger partial charge in [-0.05, 0) is 11.6 Å². The molecule has 21 heavy (non-hydrogen) atoms. The molecule has 0 aliphatic carbocycles. The van der Waals surface area contributed by atoms with Gasteiger partial charge in [-0.1, -0.05) is 30.4 Å². The molecule has 1 aromatic carbocycles. The third-order valence-electron chi connectivity index (χ3n) is 2.73. The van der Waals surface area contributed by atoms with Gasteiger partial charge in [0, 0.05) is 32.6 Å². The standard InChI is InChI=1S/C13H19N3O3S2/c1-16(2)12(17)6-7-15-21(18,19)9-10-4-3-5-11(8-10)13(14)20/h3-5,8,15H,6-7,9H2,1-2H3,(H2,14,20). The van der Waals surface area contributed by atoms with Crippen molar-refractivity contribution in [2.75, 3.05) is 20.6 Å². The number of sulfonamides is 1. The fourth-order valence-corrected chi connectivity index (χ4v) is 2.88. The number of thiocarbonyl (C=S) groups is 1. The lowest BCUT2D eigenvalue weighted by molar-refractivity contribution is -0.128. The summed E-state index contributed by atoms with van der Waals surface area (Å²) in [5, 5.41) is 0. The van der Waals surface area contributed by atoms with E-state index in [1.807, 2.05) is 0 Å². The highest BCUT2D eigenvalue weighted by molar-refractivity contribution is 7.88. The van der Waals surface area contributed by atoms with E-state index in [4.69, 9.17) is 18.0 Å².